The first-order chi connectivity index (χ1) is 14.3. The summed E-state index contributed by atoms with van der Waals surface area (Å²) in [5, 5.41) is 18.4. The van der Waals surface area contributed by atoms with Crippen LogP contribution in [0.15, 0.2) is 30.6 Å². The number of rotatable bonds is 5. The predicted molar refractivity (Wildman–Crippen MR) is 99.5 cm³/mol. The van der Waals surface area contributed by atoms with Gasteiger partial charge in [0, 0.05) is 11.6 Å². The van der Waals surface area contributed by atoms with Crippen LogP contribution in [0.25, 0.3) is 10.9 Å². The molecule has 0 radical (unpaired) electrons. The lowest BCUT2D eigenvalue weighted by atomic mass is 10.1. The first-order valence-electron chi connectivity index (χ1n) is 8.72. The lowest BCUT2D eigenvalue weighted by Crippen LogP contribution is -2.24. The van der Waals surface area contributed by atoms with Gasteiger partial charge in [-0.3, -0.25) is 0 Å². The largest absolute Gasteiger partial charge is 0.421 e. The van der Waals surface area contributed by atoms with Crippen molar-refractivity contribution in [3.8, 4) is 6.07 Å². The molecule has 0 aliphatic rings. The average Bonchev–Trinajstić information content (AvgIpc) is 3.11. The van der Waals surface area contributed by atoms with Crippen LogP contribution in [0.2, 0.25) is 0 Å². The Morgan fingerprint density at radius 3 is 2.42 bits per heavy atom. The van der Waals surface area contributed by atoms with E-state index < -0.39 is 35.8 Å². The van der Waals surface area contributed by atoms with E-state index in [2.05, 4.69) is 26.5 Å². The molecule has 0 aliphatic carbocycles. The van der Waals surface area contributed by atoms with Gasteiger partial charge in [-0.1, -0.05) is 6.07 Å². The molecule has 2 aromatic heterocycles. The topological polar surface area (TPSA) is 91.5 Å². The minimum absolute atomic E-state index is 0.346. The number of benzene rings is 1. The highest BCUT2D eigenvalue weighted by Crippen LogP contribution is 2.35. The van der Waals surface area contributed by atoms with Gasteiger partial charge in [0.2, 0.25) is 5.95 Å². The third-order valence-electron chi connectivity index (χ3n) is 4.21. The van der Waals surface area contributed by atoms with Crippen LogP contribution in [0.5, 0.6) is 0 Å². The minimum Gasteiger partial charge on any atom is -0.361 e. The first kappa shape index (κ1) is 22.1. The predicted octanol–water partition coefficient (Wildman–Crippen LogP) is 4.82. The number of hydrogen-bond acceptors (Lipinski definition) is 6. The fourth-order valence-electron chi connectivity index (χ4n) is 2.74. The van der Waals surface area contributed by atoms with Crippen LogP contribution in [0.3, 0.4) is 0 Å². The number of nitrogens with zero attached hydrogens (tertiary/aromatic N) is 5. The fourth-order valence-corrected chi connectivity index (χ4v) is 2.74. The molecule has 13 heteroatoms. The molecule has 0 amide bonds. The van der Waals surface area contributed by atoms with Crippen LogP contribution in [0, 0.1) is 11.3 Å². The summed E-state index contributed by atoms with van der Waals surface area (Å²) in [5.74, 6) is -1.35. The van der Waals surface area contributed by atoms with E-state index >= 15 is 0 Å². The van der Waals surface area contributed by atoms with Crippen LogP contribution in [-0.2, 0) is 11.7 Å². The maximum absolute atomic E-state index is 13.1. The molecule has 1 aromatic carbocycles. The summed E-state index contributed by atoms with van der Waals surface area (Å²) in [6, 6.07) is 6.98. The summed E-state index contributed by atoms with van der Waals surface area (Å²) in [6.07, 6.45) is -7.84. The maximum atomic E-state index is 13.1. The van der Waals surface area contributed by atoms with E-state index in [0.29, 0.717) is 22.8 Å². The Labute approximate surface area is 171 Å². The lowest BCUT2D eigenvalue weighted by molar-refractivity contribution is -0.138. The monoisotopic (exact) mass is 443 g/mol. The molecule has 3 aromatic rings. The number of nitriles is 1. The molecule has 0 saturated carbocycles. The highest BCUT2D eigenvalue weighted by molar-refractivity contribution is 5.93. The average molecular weight is 443 g/mol. The Bertz CT molecular complexity index is 1140. The minimum atomic E-state index is -4.95. The second-order valence-electron chi connectivity index (χ2n) is 7.01. The summed E-state index contributed by atoms with van der Waals surface area (Å²) in [5.41, 5.74) is -1.50. The number of alkyl halides is 6. The fraction of sp³-hybridized carbons (Fsp3) is 0.333. The van der Waals surface area contributed by atoms with E-state index in [1.54, 1.807) is 37.4 Å². The Kier molecular flexibility index (Phi) is 5.43. The van der Waals surface area contributed by atoms with Crippen molar-refractivity contribution in [1.29, 1.82) is 5.26 Å². The third kappa shape index (κ3) is 4.79. The summed E-state index contributed by atoms with van der Waals surface area (Å²) in [4.78, 5) is 7.16. The van der Waals surface area contributed by atoms with Gasteiger partial charge in [0.25, 0.3) is 0 Å². The second-order valence-corrected chi connectivity index (χ2v) is 7.01. The molecule has 2 heterocycles. The number of aromatic nitrogens is 4. The molecule has 164 valence electrons. The van der Waals surface area contributed by atoms with Crippen molar-refractivity contribution in [2.24, 2.45) is 0 Å². The highest BCUT2D eigenvalue weighted by Gasteiger charge is 2.37. The molecular formula is C18H15F6N7. The highest BCUT2D eigenvalue weighted by atomic mass is 19.4. The van der Waals surface area contributed by atoms with E-state index in [9.17, 15) is 31.6 Å². The van der Waals surface area contributed by atoms with Crippen molar-refractivity contribution in [1.82, 2.24) is 19.7 Å². The van der Waals surface area contributed by atoms with Gasteiger partial charge in [0.1, 0.15) is 23.5 Å². The number of hydrogen-bond donors (Lipinski definition) is 2. The molecule has 0 spiro atoms. The van der Waals surface area contributed by atoms with Crippen LogP contribution in [-0.4, -0.2) is 32.5 Å². The summed E-state index contributed by atoms with van der Waals surface area (Å²) in [7, 11) is 0. The summed E-state index contributed by atoms with van der Waals surface area (Å²) >= 11 is 0. The maximum Gasteiger partial charge on any atom is 0.421 e. The summed E-state index contributed by atoms with van der Waals surface area (Å²) in [6.45, 7) is 1.60. The van der Waals surface area contributed by atoms with Gasteiger partial charge in [0.05, 0.1) is 23.5 Å². The number of fused-ring (bicyclic) bond motifs is 1. The van der Waals surface area contributed by atoms with Crippen LogP contribution < -0.4 is 10.6 Å². The van der Waals surface area contributed by atoms with Gasteiger partial charge in [0.15, 0.2) is 0 Å². The molecule has 0 aliphatic heterocycles. The molecule has 0 saturated heterocycles. The zero-order chi connectivity index (χ0) is 23.0. The van der Waals surface area contributed by atoms with Crippen molar-refractivity contribution >= 4 is 28.4 Å². The van der Waals surface area contributed by atoms with Crippen LogP contribution in [0.4, 0.5) is 43.8 Å². The van der Waals surface area contributed by atoms with Gasteiger partial charge in [-0.15, -0.1) is 0 Å². The molecule has 0 unspecified atom stereocenters. The molecule has 3 rings (SSSR count). The SMILES string of the molecule is CC(C)(C#N)n1ncc2c(Nc3ncc(C(F)(F)F)c(NCC(F)(F)F)n3)cccc21. The van der Waals surface area contributed by atoms with Crippen molar-refractivity contribution in [3.05, 3.63) is 36.2 Å². The van der Waals surface area contributed by atoms with E-state index in [0.717, 1.165) is 0 Å². The van der Waals surface area contributed by atoms with Crippen LogP contribution in [0.1, 0.15) is 19.4 Å². The zero-order valence-electron chi connectivity index (χ0n) is 16.1. The standard InChI is InChI=1S/C18H15F6N7/c1-16(2,8-25)31-13-5-3-4-12(10(13)6-28-31)29-15-26-7-11(18(22,23)24)14(30-15)27-9-17(19,20)21/h3-7H,9H2,1-2H3,(H2,26,27,29,30). The number of nitrogens with one attached hydrogen (secondary N) is 2. The second kappa shape index (κ2) is 7.60. The smallest absolute Gasteiger partial charge is 0.361 e. The molecule has 31 heavy (non-hydrogen) atoms. The van der Waals surface area contributed by atoms with Gasteiger partial charge in [-0.05, 0) is 26.0 Å². The van der Waals surface area contributed by atoms with Gasteiger partial charge in [-0.2, -0.15) is 41.7 Å². The van der Waals surface area contributed by atoms with Crippen molar-refractivity contribution in [2.75, 3.05) is 17.2 Å². The molecule has 0 fully saturated rings. The Hall–Kier alpha value is -3.56. The number of halogens is 6. The third-order valence-corrected chi connectivity index (χ3v) is 4.21. The van der Waals surface area contributed by atoms with Crippen LogP contribution >= 0.6 is 0 Å². The molecule has 7 nitrogen and oxygen atoms in total. The van der Waals surface area contributed by atoms with E-state index in [-0.39, 0.29) is 5.95 Å². The van der Waals surface area contributed by atoms with Gasteiger partial charge >= 0.3 is 12.4 Å². The summed E-state index contributed by atoms with van der Waals surface area (Å²) < 4.78 is 78.3. The first-order valence-corrected chi connectivity index (χ1v) is 8.72. The molecular weight excluding hydrogens is 428 g/mol. The van der Waals surface area contributed by atoms with Gasteiger partial charge < -0.3 is 10.6 Å². The normalized spacial score (nSPS) is 12.6. The Morgan fingerprint density at radius 2 is 1.81 bits per heavy atom. The molecule has 0 bridgehead atoms. The van der Waals surface area contributed by atoms with E-state index in [4.69, 9.17) is 0 Å². The lowest BCUT2D eigenvalue weighted by Gasteiger charge is -2.18. The van der Waals surface area contributed by atoms with Gasteiger partial charge in [-0.25, -0.2) is 9.67 Å². The zero-order valence-corrected chi connectivity index (χ0v) is 16.1. The van der Waals surface area contributed by atoms with E-state index in [1.807, 2.05) is 0 Å². The quantitative estimate of drug-likeness (QED) is 0.550. The molecule has 0 atom stereocenters. The Morgan fingerprint density at radius 1 is 1.10 bits per heavy atom. The number of anilines is 3. The van der Waals surface area contributed by atoms with Crippen molar-refractivity contribution < 1.29 is 26.3 Å². The Balaban J connectivity index is 1.99. The van der Waals surface area contributed by atoms with Crippen molar-refractivity contribution in [2.45, 2.75) is 31.7 Å². The molecule has 2 N–H and O–H groups in total. The van der Waals surface area contributed by atoms with E-state index in [1.165, 1.54) is 10.9 Å². The van der Waals surface area contributed by atoms with Crippen molar-refractivity contribution in [3.63, 3.8) is 0 Å².